The third-order valence-electron chi connectivity index (χ3n) is 5.60. The molecule has 0 unspecified atom stereocenters. The fraction of sp³-hybridized carbons (Fsp3) is 0.458. The maximum absolute atomic E-state index is 13.1. The van der Waals surface area contributed by atoms with E-state index in [2.05, 4.69) is 26.1 Å². The molecule has 1 aliphatic rings. The van der Waals surface area contributed by atoms with E-state index in [1.165, 1.54) is 22.0 Å². The second-order valence-electron chi connectivity index (χ2n) is 9.07. The number of sulfonamides is 1. The van der Waals surface area contributed by atoms with Crippen molar-refractivity contribution in [2.45, 2.75) is 43.9 Å². The first kappa shape index (κ1) is 24.2. The van der Waals surface area contributed by atoms with Crippen molar-refractivity contribution in [1.29, 1.82) is 0 Å². The van der Waals surface area contributed by atoms with Crippen molar-refractivity contribution >= 4 is 15.9 Å². The molecular weight excluding hydrogens is 431 g/mol. The van der Waals surface area contributed by atoms with Gasteiger partial charge in [0.1, 0.15) is 18.2 Å². The highest BCUT2D eigenvalue weighted by atomic mass is 32.2. The largest absolute Gasteiger partial charge is 0.492 e. The van der Waals surface area contributed by atoms with Crippen LogP contribution >= 0.6 is 0 Å². The average molecular weight is 463 g/mol. The van der Waals surface area contributed by atoms with E-state index in [0.717, 1.165) is 17.9 Å². The van der Waals surface area contributed by atoms with Crippen molar-refractivity contribution in [3.63, 3.8) is 0 Å². The molecule has 6 nitrogen and oxygen atoms in total. The number of carbonyl (C=O) groups excluding carboxylic acids is 1. The number of rotatable bonds is 7. The van der Waals surface area contributed by atoms with Crippen molar-refractivity contribution in [2.24, 2.45) is 5.92 Å². The van der Waals surface area contributed by atoms with Gasteiger partial charge in [0.25, 0.3) is 0 Å². The number of nitrogens with zero attached hydrogens (tertiary/aromatic N) is 1. The summed E-state index contributed by atoms with van der Waals surface area (Å²) in [5.74, 6) is -0.366. The third-order valence-corrected chi connectivity index (χ3v) is 7.48. The molecule has 1 aliphatic heterocycles. The van der Waals surface area contributed by atoms with Crippen LogP contribution in [0.15, 0.2) is 53.4 Å². The lowest BCUT2D eigenvalue weighted by atomic mass is 9.87. The van der Waals surface area contributed by atoms with E-state index in [1.807, 2.05) is 24.3 Å². The molecule has 0 saturated carbocycles. The Morgan fingerprint density at radius 3 is 2.41 bits per heavy atom. The molecule has 174 valence electrons. The zero-order valence-corrected chi connectivity index (χ0v) is 19.6. The van der Waals surface area contributed by atoms with Crippen LogP contribution in [0, 0.1) is 11.7 Å². The van der Waals surface area contributed by atoms with E-state index in [9.17, 15) is 17.6 Å². The van der Waals surface area contributed by atoms with Crippen LogP contribution in [0.2, 0.25) is 0 Å². The number of ether oxygens (including phenoxy) is 1. The smallest absolute Gasteiger partial charge is 0.243 e. The van der Waals surface area contributed by atoms with Crippen LogP contribution in [0.1, 0.15) is 39.2 Å². The maximum Gasteiger partial charge on any atom is 0.243 e. The quantitative estimate of drug-likeness (QED) is 0.637. The fourth-order valence-electron chi connectivity index (χ4n) is 3.67. The van der Waals surface area contributed by atoms with Gasteiger partial charge in [-0.1, -0.05) is 32.9 Å². The van der Waals surface area contributed by atoms with E-state index in [0.29, 0.717) is 32.5 Å². The predicted molar refractivity (Wildman–Crippen MR) is 122 cm³/mol. The van der Waals surface area contributed by atoms with Crippen molar-refractivity contribution in [3.05, 3.63) is 59.9 Å². The molecule has 1 fully saturated rings. The number of piperidine rings is 1. The number of nitrogens with one attached hydrogen (secondary N) is 1. The van der Waals surface area contributed by atoms with Crippen LogP contribution in [-0.2, 0) is 20.2 Å². The lowest BCUT2D eigenvalue weighted by Gasteiger charge is -2.31. The van der Waals surface area contributed by atoms with Gasteiger partial charge < -0.3 is 10.1 Å². The molecule has 0 aromatic heterocycles. The first-order valence-corrected chi connectivity index (χ1v) is 12.3. The zero-order chi connectivity index (χ0) is 23.4. The molecule has 0 bridgehead atoms. The lowest BCUT2D eigenvalue weighted by molar-refractivity contribution is -0.126. The monoisotopic (exact) mass is 462 g/mol. The van der Waals surface area contributed by atoms with Crippen LogP contribution in [0.4, 0.5) is 4.39 Å². The second kappa shape index (κ2) is 10.0. The van der Waals surface area contributed by atoms with Gasteiger partial charge in [-0.15, -0.1) is 0 Å². The summed E-state index contributed by atoms with van der Waals surface area (Å²) in [5, 5.41) is 2.84. The molecular formula is C24H31FN2O4S. The van der Waals surface area contributed by atoms with Crippen molar-refractivity contribution in [2.75, 3.05) is 26.2 Å². The Balaban J connectivity index is 1.48. The molecule has 2 aromatic rings. The molecule has 3 rings (SSSR count). The fourth-order valence-corrected chi connectivity index (χ4v) is 5.19. The lowest BCUT2D eigenvalue weighted by Crippen LogP contribution is -2.45. The SMILES string of the molecule is CC(C)(C)c1ccc(OCCNC(=O)[C@@H]2CCCN(S(=O)(=O)c3ccc(F)cc3)C2)cc1. The molecule has 1 heterocycles. The number of halogens is 1. The summed E-state index contributed by atoms with van der Waals surface area (Å²) in [7, 11) is -3.76. The summed E-state index contributed by atoms with van der Waals surface area (Å²) in [4.78, 5) is 12.6. The van der Waals surface area contributed by atoms with Crippen LogP contribution in [-0.4, -0.2) is 44.9 Å². The van der Waals surface area contributed by atoms with Gasteiger partial charge in [0.05, 0.1) is 17.4 Å². The third kappa shape index (κ3) is 6.07. The van der Waals surface area contributed by atoms with Crippen molar-refractivity contribution < 1.29 is 22.3 Å². The Kier molecular flexibility index (Phi) is 7.56. The van der Waals surface area contributed by atoms with E-state index in [1.54, 1.807) is 0 Å². The zero-order valence-electron chi connectivity index (χ0n) is 18.8. The van der Waals surface area contributed by atoms with E-state index < -0.39 is 21.8 Å². The highest BCUT2D eigenvalue weighted by Gasteiger charge is 2.33. The first-order chi connectivity index (χ1) is 15.1. The van der Waals surface area contributed by atoms with E-state index in [4.69, 9.17) is 4.74 Å². The van der Waals surface area contributed by atoms with Crippen LogP contribution in [0.25, 0.3) is 0 Å². The van der Waals surface area contributed by atoms with Gasteiger partial charge in [0.15, 0.2) is 0 Å². The Morgan fingerprint density at radius 2 is 1.78 bits per heavy atom. The minimum absolute atomic E-state index is 0.0332. The predicted octanol–water partition coefficient (Wildman–Crippen LogP) is 3.72. The molecule has 0 spiro atoms. The summed E-state index contributed by atoms with van der Waals surface area (Å²) in [6, 6.07) is 12.6. The highest BCUT2D eigenvalue weighted by molar-refractivity contribution is 7.89. The number of amides is 1. The Labute approximate surface area is 189 Å². The standard InChI is InChI=1S/C24H31FN2O4S/c1-24(2,3)19-6-10-21(11-7-19)31-16-14-26-23(28)18-5-4-15-27(17-18)32(29,30)22-12-8-20(25)9-13-22/h6-13,18H,4-5,14-17H2,1-3H3,(H,26,28)/t18-/m1/s1. The van der Waals surface area contributed by atoms with E-state index in [-0.39, 0.29) is 22.8 Å². The molecule has 1 amide bonds. The minimum atomic E-state index is -3.76. The van der Waals surface area contributed by atoms with Crippen molar-refractivity contribution in [3.8, 4) is 5.75 Å². The van der Waals surface area contributed by atoms with Gasteiger partial charge >= 0.3 is 0 Å². The van der Waals surface area contributed by atoms with Crippen LogP contribution in [0.5, 0.6) is 5.75 Å². The minimum Gasteiger partial charge on any atom is -0.492 e. The van der Waals surface area contributed by atoms with Gasteiger partial charge in [0, 0.05) is 13.1 Å². The number of hydrogen-bond acceptors (Lipinski definition) is 4. The molecule has 1 N–H and O–H groups in total. The summed E-state index contributed by atoms with van der Waals surface area (Å²) >= 11 is 0. The number of hydrogen-bond donors (Lipinski definition) is 1. The van der Waals surface area contributed by atoms with Gasteiger partial charge in [-0.25, -0.2) is 12.8 Å². The summed E-state index contributed by atoms with van der Waals surface area (Å²) < 4.78 is 45.8. The maximum atomic E-state index is 13.1. The molecule has 0 radical (unpaired) electrons. The number of benzene rings is 2. The second-order valence-corrected chi connectivity index (χ2v) is 11.0. The topological polar surface area (TPSA) is 75.7 Å². The molecule has 1 atom stereocenters. The normalized spacial score (nSPS) is 17.7. The summed E-state index contributed by atoms with van der Waals surface area (Å²) in [5.41, 5.74) is 1.29. The Hall–Kier alpha value is -2.45. The van der Waals surface area contributed by atoms with Crippen LogP contribution in [0.3, 0.4) is 0 Å². The van der Waals surface area contributed by atoms with Crippen molar-refractivity contribution in [1.82, 2.24) is 9.62 Å². The van der Waals surface area contributed by atoms with Crippen LogP contribution < -0.4 is 10.1 Å². The summed E-state index contributed by atoms with van der Waals surface area (Å²) in [6.07, 6.45) is 1.21. The van der Waals surface area contributed by atoms with E-state index >= 15 is 0 Å². The molecule has 32 heavy (non-hydrogen) atoms. The van der Waals surface area contributed by atoms with Gasteiger partial charge in [-0.2, -0.15) is 4.31 Å². The Morgan fingerprint density at radius 1 is 1.12 bits per heavy atom. The van der Waals surface area contributed by atoms with Gasteiger partial charge in [-0.05, 0) is 60.2 Å². The van der Waals surface area contributed by atoms with Gasteiger partial charge in [0.2, 0.25) is 15.9 Å². The average Bonchev–Trinajstić information content (AvgIpc) is 2.76. The molecule has 0 aliphatic carbocycles. The molecule has 8 heteroatoms. The molecule has 1 saturated heterocycles. The number of carbonyl (C=O) groups is 1. The highest BCUT2D eigenvalue weighted by Crippen LogP contribution is 2.25. The summed E-state index contributed by atoms with van der Waals surface area (Å²) in [6.45, 7) is 7.56. The first-order valence-electron chi connectivity index (χ1n) is 10.8. The Bertz CT molecular complexity index is 1020. The van der Waals surface area contributed by atoms with Gasteiger partial charge in [-0.3, -0.25) is 4.79 Å². The molecule has 2 aromatic carbocycles.